The number of carbonyl (C=O) groups excluding carboxylic acids is 1. The van der Waals surface area contributed by atoms with Crippen molar-refractivity contribution in [3.05, 3.63) is 62.2 Å². The molecule has 30 heavy (non-hydrogen) atoms. The highest BCUT2D eigenvalue weighted by atomic mass is 79.9. The van der Waals surface area contributed by atoms with Gasteiger partial charge in [-0.05, 0) is 43.3 Å². The summed E-state index contributed by atoms with van der Waals surface area (Å²) < 4.78 is 10.3. The second kappa shape index (κ2) is 7.47. The van der Waals surface area contributed by atoms with Gasteiger partial charge in [0.05, 0.1) is 23.0 Å². The van der Waals surface area contributed by atoms with E-state index in [1.54, 1.807) is 11.8 Å². The number of aryl methyl sites for hydroxylation is 1. The molecule has 0 saturated heterocycles. The Morgan fingerprint density at radius 3 is 2.77 bits per heavy atom. The van der Waals surface area contributed by atoms with Crippen LogP contribution in [0.15, 0.2) is 45.3 Å². The van der Waals surface area contributed by atoms with Gasteiger partial charge in [0.1, 0.15) is 11.6 Å². The van der Waals surface area contributed by atoms with Gasteiger partial charge in [-0.15, -0.1) is 0 Å². The number of halogens is 2. The largest absolute Gasteiger partial charge is 0.496 e. The number of thiazole rings is 1. The molecular formula is C21H16Br2N4O2S. The molecule has 0 bridgehead atoms. The maximum absolute atomic E-state index is 12.7. The van der Waals surface area contributed by atoms with Crippen LogP contribution in [0.25, 0.3) is 15.3 Å². The minimum atomic E-state index is -0.154. The van der Waals surface area contributed by atoms with Crippen molar-refractivity contribution < 1.29 is 9.53 Å². The molecule has 3 heterocycles. The van der Waals surface area contributed by atoms with Gasteiger partial charge in [-0.3, -0.25) is 4.79 Å². The van der Waals surface area contributed by atoms with E-state index in [0.717, 1.165) is 46.9 Å². The zero-order valence-corrected chi connectivity index (χ0v) is 20.1. The van der Waals surface area contributed by atoms with Crippen molar-refractivity contribution in [1.29, 1.82) is 0 Å². The number of hydrogen-bond acceptors (Lipinski definition) is 5. The van der Waals surface area contributed by atoms with Crippen molar-refractivity contribution >= 4 is 65.1 Å². The highest BCUT2D eigenvalue weighted by molar-refractivity contribution is 9.10. The molecule has 0 spiro atoms. The van der Waals surface area contributed by atoms with E-state index in [0.29, 0.717) is 12.2 Å². The Bertz CT molecular complexity index is 1310. The standard InChI is InChI=1S/C21H16Br2N4O2S/c1-10-19-14(13-7-11(22)4-6-16(13)29-2)9-18(28)25-20(19)27(26-10)21-24-15-5-3-12(23)8-17(15)30-21/h3-8,14H,9H2,1-2H3,(H,25,28)/t14-/m0/s1. The van der Waals surface area contributed by atoms with E-state index >= 15 is 0 Å². The molecule has 152 valence electrons. The smallest absolute Gasteiger partial charge is 0.226 e. The van der Waals surface area contributed by atoms with E-state index in [1.165, 1.54) is 11.3 Å². The number of rotatable bonds is 3. The maximum Gasteiger partial charge on any atom is 0.226 e. The van der Waals surface area contributed by atoms with Gasteiger partial charge in [-0.1, -0.05) is 43.2 Å². The third-order valence-corrected chi connectivity index (χ3v) is 7.17. The maximum atomic E-state index is 12.7. The zero-order valence-electron chi connectivity index (χ0n) is 16.1. The van der Waals surface area contributed by atoms with Gasteiger partial charge in [0.25, 0.3) is 0 Å². The molecule has 1 N–H and O–H groups in total. The Kier molecular flexibility index (Phi) is 4.91. The van der Waals surface area contributed by atoms with Crippen molar-refractivity contribution in [3.8, 4) is 10.9 Å². The van der Waals surface area contributed by atoms with Gasteiger partial charge in [0, 0.05) is 32.4 Å². The van der Waals surface area contributed by atoms with Gasteiger partial charge in [0.15, 0.2) is 0 Å². The molecular weight excluding hydrogens is 532 g/mol. The van der Waals surface area contributed by atoms with Gasteiger partial charge < -0.3 is 10.1 Å². The summed E-state index contributed by atoms with van der Waals surface area (Å²) in [5, 5.41) is 8.49. The molecule has 0 saturated carbocycles. The lowest BCUT2D eigenvalue weighted by Gasteiger charge is -2.25. The lowest BCUT2D eigenvalue weighted by Crippen LogP contribution is -2.25. The van der Waals surface area contributed by atoms with Crippen LogP contribution < -0.4 is 10.1 Å². The number of nitrogens with one attached hydrogen (secondary N) is 1. The Labute approximate surface area is 193 Å². The summed E-state index contributed by atoms with van der Waals surface area (Å²) in [5.41, 5.74) is 3.70. The first-order valence-electron chi connectivity index (χ1n) is 9.24. The van der Waals surface area contributed by atoms with Crippen molar-refractivity contribution in [2.45, 2.75) is 19.3 Å². The fourth-order valence-electron chi connectivity index (χ4n) is 3.91. The second-order valence-corrected chi connectivity index (χ2v) is 9.90. The molecule has 1 aliphatic rings. The third kappa shape index (κ3) is 3.25. The monoisotopic (exact) mass is 546 g/mol. The lowest BCUT2D eigenvalue weighted by molar-refractivity contribution is -0.116. The average molecular weight is 548 g/mol. The summed E-state index contributed by atoms with van der Waals surface area (Å²) in [6, 6.07) is 11.8. The summed E-state index contributed by atoms with van der Waals surface area (Å²) in [6.45, 7) is 1.97. The molecule has 1 amide bonds. The Morgan fingerprint density at radius 2 is 1.97 bits per heavy atom. The first-order chi connectivity index (χ1) is 14.4. The number of benzene rings is 2. The molecule has 2 aromatic carbocycles. The molecule has 0 radical (unpaired) electrons. The van der Waals surface area contributed by atoms with E-state index in [9.17, 15) is 4.79 Å². The summed E-state index contributed by atoms with van der Waals surface area (Å²) in [4.78, 5) is 17.4. The fourth-order valence-corrected chi connectivity index (χ4v) is 5.76. The van der Waals surface area contributed by atoms with Crippen LogP contribution in [-0.4, -0.2) is 27.8 Å². The van der Waals surface area contributed by atoms with Crippen LogP contribution in [-0.2, 0) is 4.79 Å². The highest BCUT2D eigenvalue weighted by Crippen LogP contribution is 2.44. The van der Waals surface area contributed by atoms with Gasteiger partial charge >= 0.3 is 0 Å². The van der Waals surface area contributed by atoms with E-state index in [2.05, 4.69) is 37.2 Å². The molecule has 0 fully saturated rings. The summed E-state index contributed by atoms with van der Waals surface area (Å²) in [7, 11) is 1.64. The molecule has 1 atom stereocenters. The molecule has 2 aromatic heterocycles. The minimum absolute atomic E-state index is 0.0560. The number of carbonyl (C=O) groups is 1. The number of methoxy groups -OCH3 is 1. The molecule has 4 aromatic rings. The van der Waals surface area contributed by atoms with Crippen molar-refractivity contribution in [1.82, 2.24) is 14.8 Å². The predicted octanol–water partition coefficient (Wildman–Crippen LogP) is 5.80. The van der Waals surface area contributed by atoms with Crippen LogP contribution in [0.5, 0.6) is 5.75 Å². The highest BCUT2D eigenvalue weighted by Gasteiger charge is 2.34. The first-order valence-corrected chi connectivity index (χ1v) is 11.6. The van der Waals surface area contributed by atoms with E-state index < -0.39 is 0 Å². The Morgan fingerprint density at radius 1 is 1.20 bits per heavy atom. The molecule has 6 nitrogen and oxygen atoms in total. The van der Waals surface area contributed by atoms with E-state index in [1.807, 2.05) is 43.3 Å². The SMILES string of the molecule is COc1ccc(Br)cc1[C@@H]1CC(=O)Nc2c1c(C)nn2-c1nc2ccc(Br)cc2s1. The quantitative estimate of drug-likeness (QED) is 0.352. The molecule has 0 aliphatic carbocycles. The molecule has 1 aliphatic heterocycles. The van der Waals surface area contributed by atoms with Crippen LogP contribution in [0.1, 0.15) is 29.2 Å². The average Bonchev–Trinajstić information content (AvgIpc) is 3.27. The minimum Gasteiger partial charge on any atom is -0.496 e. The predicted molar refractivity (Wildman–Crippen MR) is 125 cm³/mol. The topological polar surface area (TPSA) is 69.0 Å². The van der Waals surface area contributed by atoms with Gasteiger partial charge in [-0.25, -0.2) is 4.98 Å². The number of amides is 1. The number of anilines is 1. The molecule has 9 heteroatoms. The molecule has 5 rings (SSSR count). The number of ether oxygens (including phenoxy) is 1. The van der Waals surface area contributed by atoms with Crippen LogP contribution in [0.3, 0.4) is 0 Å². The van der Waals surface area contributed by atoms with Crippen LogP contribution in [0.4, 0.5) is 5.82 Å². The van der Waals surface area contributed by atoms with Crippen molar-refractivity contribution in [2.24, 2.45) is 0 Å². The van der Waals surface area contributed by atoms with E-state index in [4.69, 9.17) is 14.8 Å². The zero-order chi connectivity index (χ0) is 21.0. The summed E-state index contributed by atoms with van der Waals surface area (Å²) >= 11 is 8.59. The lowest BCUT2D eigenvalue weighted by atomic mass is 9.85. The normalized spacial score (nSPS) is 15.9. The third-order valence-electron chi connectivity index (χ3n) is 5.19. The first kappa shape index (κ1) is 19.7. The van der Waals surface area contributed by atoms with Crippen molar-refractivity contribution in [3.63, 3.8) is 0 Å². The van der Waals surface area contributed by atoms with Crippen molar-refractivity contribution in [2.75, 3.05) is 12.4 Å². The number of fused-ring (bicyclic) bond motifs is 2. The van der Waals surface area contributed by atoms with Gasteiger partial charge in [0.2, 0.25) is 11.0 Å². The van der Waals surface area contributed by atoms with Crippen LogP contribution in [0, 0.1) is 6.92 Å². The summed E-state index contributed by atoms with van der Waals surface area (Å²) in [6.07, 6.45) is 0.332. The van der Waals surface area contributed by atoms with Gasteiger partial charge in [-0.2, -0.15) is 9.78 Å². The molecule has 0 unspecified atom stereocenters. The number of aromatic nitrogens is 3. The van der Waals surface area contributed by atoms with E-state index in [-0.39, 0.29) is 11.8 Å². The number of nitrogens with zero attached hydrogens (tertiary/aromatic N) is 3. The second-order valence-electron chi connectivity index (χ2n) is 7.06. The number of hydrogen-bond donors (Lipinski definition) is 1. The fraction of sp³-hybridized carbons (Fsp3) is 0.190. The Hall–Kier alpha value is -2.23. The van der Waals surface area contributed by atoms with Crippen LogP contribution >= 0.6 is 43.2 Å². The Balaban J connectivity index is 1.69. The summed E-state index contributed by atoms with van der Waals surface area (Å²) in [5.74, 6) is 1.22. The van der Waals surface area contributed by atoms with Crippen LogP contribution in [0.2, 0.25) is 0 Å².